The van der Waals surface area contributed by atoms with E-state index in [-0.39, 0.29) is 5.91 Å². The van der Waals surface area contributed by atoms with Gasteiger partial charge in [-0.15, -0.1) is 11.3 Å². The lowest BCUT2D eigenvalue weighted by Gasteiger charge is -2.05. The molecule has 0 radical (unpaired) electrons. The number of halogens is 2. The fourth-order valence-corrected chi connectivity index (χ4v) is 3.13. The highest BCUT2D eigenvalue weighted by Crippen LogP contribution is 2.22. The highest BCUT2D eigenvalue weighted by molar-refractivity contribution is 9.11. The van der Waals surface area contributed by atoms with Gasteiger partial charge in [-0.1, -0.05) is 11.6 Å². The summed E-state index contributed by atoms with van der Waals surface area (Å²) in [5, 5.41) is 3.21. The zero-order valence-electron chi connectivity index (χ0n) is 9.32. The highest BCUT2D eigenvalue weighted by atomic mass is 79.9. The first-order chi connectivity index (χ1) is 8.66. The minimum atomic E-state index is -0.168. The third kappa shape index (κ3) is 3.54. The standard InChI is InChI=1S/C12H10BrClN2OS/c13-11-2-1-8(18-11)3-6-16-12(17)9-4-5-15-7-10(9)14/h1-2,4-5,7H,3,6H2,(H,16,17). The average Bonchev–Trinajstić information content (AvgIpc) is 2.75. The molecule has 0 spiro atoms. The Hall–Kier alpha value is -0.910. The molecule has 0 unspecified atom stereocenters. The van der Waals surface area contributed by atoms with Gasteiger partial charge in [-0.3, -0.25) is 9.78 Å². The van der Waals surface area contributed by atoms with Crippen LogP contribution in [-0.2, 0) is 6.42 Å². The number of nitrogens with zero attached hydrogens (tertiary/aromatic N) is 1. The summed E-state index contributed by atoms with van der Waals surface area (Å²) in [7, 11) is 0. The molecule has 3 nitrogen and oxygen atoms in total. The van der Waals surface area contributed by atoms with Crippen molar-refractivity contribution in [3.8, 4) is 0 Å². The van der Waals surface area contributed by atoms with Gasteiger partial charge in [0.15, 0.2) is 0 Å². The summed E-state index contributed by atoms with van der Waals surface area (Å²) in [6, 6.07) is 5.65. The van der Waals surface area contributed by atoms with Gasteiger partial charge in [-0.2, -0.15) is 0 Å². The molecule has 0 saturated carbocycles. The molecule has 0 aliphatic carbocycles. The Morgan fingerprint density at radius 1 is 1.44 bits per heavy atom. The van der Waals surface area contributed by atoms with Crippen LogP contribution in [0.1, 0.15) is 15.2 Å². The molecule has 0 bridgehead atoms. The first kappa shape index (κ1) is 13.5. The van der Waals surface area contributed by atoms with E-state index in [9.17, 15) is 4.79 Å². The van der Waals surface area contributed by atoms with Crippen molar-refractivity contribution >= 4 is 44.8 Å². The Kier molecular flexibility index (Phi) is 4.74. The number of aromatic nitrogens is 1. The summed E-state index contributed by atoms with van der Waals surface area (Å²) in [4.78, 5) is 16.9. The van der Waals surface area contributed by atoms with Crippen molar-refractivity contribution in [2.75, 3.05) is 6.54 Å². The molecule has 1 amide bonds. The van der Waals surface area contributed by atoms with Crippen LogP contribution in [0.5, 0.6) is 0 Å². The van der Waals surface area contributed by atoms with Crippen molar-refractivity contribution < 1.29 is 4.79 Å². The second-order valence-corrected chi connectivity index (χ2v) is 6.52. The van der Waals surface area contributed by atoms with E-state index in [0.717, 1.165) is 10.2 Å². The third-order valence-corrected chi connectivity index (χ3v) is 4.29. The predicted molar refractivity (Wildman–Crippen MR) is 77.3 cm³/mol. The molecule has 2 aromatic heterocycles. The molecule has 0 aliphatic heterocycles. The lowest BCUT2D eigenvalue weighted by molar-refractivity contribution is 0.0954. The Bertz CT molecular complexity index is 559. The third-order valence-electron chi connectivity index (χ3n) is 2.30. The summed E-state index contributed by atoms with van der Waals surface area (Å²) < 4.78 is 1.10. The van der Waals surface area contributed by atoms with Crippen molar-refractivity contribution in [1.82, 2.24) is 10.3 Å². The summed E-state index contributed by atoms with van der Waals surface area (Å²) in [5.74, 6) is -0.168. The van der Waals surface area contributed by atoms with Gasteiger partial charge in [0.1, 0.15) is 0 Å². The number of amides is 1. The SMILES string of the molecule is O=C(NCCc1ccc(Br)s1)c1ccncc1Cl. The molecule has 2 aromatic rings. The smallest absolute Gasteiger partial charge is 0.252 e. The van der Waals surface area contributed by atoms with Crippen LogP contribution in [0.2, 0.25) is 5.02 Å². The van der Waals surface area contributed by atoms with Crippen LogP contribution in [0.15, 0.2) is 34.4 Å². The van der Waals surface area contributed by atoms with Crippen molar-refractivity contribution in [3.63, 3.8) is 0 Å². The second-order valence-electron chi connectivity index (χ2n) is 3.57. The molecule has 6 heteroatoms. The van der Waals surface area contributed by atoms with Crippen molar-refractivity contribution in [2.45, 2.75) is 6.42 Å². The topological polar surface area (TPSA) is 42.0 Å². The number of carbonyl (C=O) groups is 1. The zero-order valence-corrected chi connectivity index (χ0v) is 12.5. The van der Waals surface area contributed by atoms with Crippen LogP contribution >= 0.6 is 38.9 Å². The van der Waals surface area contributed by atoms with E-state index < -0.39 is 0 Å². The van der Waals surface area contributed by atoms with E-state index in [1.54, 1.807) is 23.6 Å². The fourth-order valence-electron chi connectivity index (χ4n) is 1.44. The van der Waals surface area contributed by atoms with Crippen molar-refractivity contribution in [1.29, 1.82) is 0 Å². The minimum absolute atomic E-state index is 0.168. The lowest BCUT2D eigenvalue weighted by Crippen LogP contribution is -2.25. The van der Waals surface area contributed by atoms with Gasteiger partial charge >= 0.3 is 0 Å². The molecule has 1 N–H and O–H groups in total. The van der Waals surface area contributed by atoms with Gasteiger partial charge in [0.2, 0.25) is 0 Å². The lowest BCUT2D eigenvalue weighted by atomic mass is 10.2. The Morgan fingerprint density at radius 3 is 2.94 bits per heavy atom. The molecule has 2 heterocycles. The molecular formula is C12H10BrClN2OS. The summed E-state index contributed by atoms with van der Waals surface area (Å²) in [6.07, 6.45) is 3.83. The zero-order chi connectivity index (χ0) is 13.0. The van der Waals surface area contributed by atoms with Crippen LogP contribution < -0.4 is 5.32 Å². The summed E-state index contributed by atoms with van der Waals surface area (Å²) >= 11 is 11.0. The van der Waals surface area contributed by atoms with E-state index in [0.29, 0.717) is 17.1 Å². The van der Waals surface area contributed by atoms with Gasteiger partial charge in [-0.05, 0) is 40.5 Å². The quantitative estimate of drug-likeness (QED) is 0.921. The fraction of sp³-hybridized carbons (Fsp3) is 0.167. The Balaban J connectivity index is 1.87. The van der Waals surface area contributed by atoms with E-state index in [1.165, 1.54) is 11.1 Å². The van der Waals surface area contributed by atoms with Crippen LogP contribution in [0, 0.1) is 0 Å². The number of hydrogen-bond acceptors (Lipinski definition) is 3. The van der Waals surface area contributed by atoms with E-state index in [4.69, 9.17) is 11.6 Å². The number of hydrogen-bond donors (Lipinski definition) is 1. The van der Waals surface area contributed by atoms with Gasteiger partial charge in [0, 0.05) is 23.8 Å². The maximum absolute atomic E-state index is 11.8. The van der Waals surface area contributed by atoms with Gasteiger partial charge in [0.05, 0.1) is 14.4 Å². The largest absolute Gasteiger partial charge is 0.352 e. The number of thiophene rings is 1. The highest BCUT2D eigenvalue weighted by Gasteiger charge is 2.09. The van der Waals surface area contributed by atoms with Gasteiger partial charge in [0.25, 0.3) is 5.91 Å². The maximum Gasteiger partial charge on any atom is 0.252 e. The maximum atomic E-state index is 11.8. The van der Waals surface area contributed by atoms with Crippen molar-refractivity contribution in [3.05, 3.63) is 49.8 Å². The predicted octanol–water partition coefficient (Wildman–Crippen LogP) is 3.53. The van der Waals surface area contributed by atoms with Gasteiger partial charge in [-0.25, -0.2) is 0 Å². The monoisotopic (exact) mass is 344 g/mol. The van der Waals surface area contributed by atoms with E-state index in [1.807, 2.05) is 12.1 Å². The van der Waals surface area contributed by atoms with Crippen LogP contribution in [-0.4, -0.2) is 17.4 Å². The first-order valence-electron chi connectivity index (χ1n) is 5.29. The molecule has 0 atom stereocenters. The van der Waals surface area contributed by atoms with E-state index in [2.05, 4.69) is 26.2 Å². The van der Waals surface area contributed by atoms with Crippen LogP contribution in [0.25, 0.3) is 0 Å². The molecular weight excluding hydrogens is 336 g/mol. The molecule has 0 aliphatic rings. The number of carbonyl (C=O) groups excluding carboxylic acids is 1. The molecule has 0 saturated heterocycles. The molecule has 0 fully saturated rings. The summed E-state index contributed by atoms with van der Waals surface area (Å²) in [6.45, 7) is 0.588. The average molecular weight is 346 g/mol. The minimum Gasteiger partial charge on any atom is -0.352 e. The number of rotatable bonds is 4. The number of nitrogens with one attached hydrogen (secondary N) is 1. The Labute approximate surface area is 122 Å². The normalized spacial score (nSPS) is 10.3. The molecule has 0 aromatic carbocycles. The number of pyridine rings is 1. The summed E-state index contributed by atoms with van der Waals surface area (Å²) in [5.41, 5.74) is 0.457. The Morgan fingerprint density at radius 2 is 2.28 bits per heavy atom. The van der Waals surface area contributed by atoms with Crippen molar-refractivity contribution in [2.24, 2.45) is 0 Å². The second kappa shape index (κ2) is 6.31. The van der Waals surface area contributed by atoms with Gasteiger partial charge < -0.3 is 5.32 Å². The first-order valence-corrected chi connectivity index (χ1v) is 7.27. The van der Waals surface area contributed by atoms with Crippen LogP contribution in [0.4, 0.5) is 0 Å². The molecule has 18 heavy (non-hydrogen) atoms. The van der Waals surface area contributed by atoms with E-state index >= 15 is 0 Å². The van der Waals surface area contributed by atoms with Crippen LogP contribution in [0.3, 0.4) is 0 Å². The molecule has 94 valence electrons. The molecule has 2 rings (SSSR count).